The van der Waals surface area contributed by atoms with Gasteiger partial charge >= 0.3 is 6.18 Å². The van der Waals surface area contributed by atoms with E-state index in [2.05, 4.69) is 27.6 Å². The Hall–Kier alpha value is -1.70. The number of alkyl halides is 3. The third-order valence-corrected chi connectivity index (χ3v) is 3.87. The van der Waals surface area contributed by atoms with Crippen molar-refractivity contribution in [2.75, 3.05) is 36.5 Å². The van der Waals surface area contributed by atoms with Crippen LogP contribution < -0.4 is 16.4 Å². The molecule has 5 nitrogen and oxygen atoms in total. The number of halogens is 3. The van der Waals surface area contributed by atoms with Crippen LogP contribution in [-0.2, 0) is 0 Å². The minimum absolute atomic E-state index is 0.199. The molecule has 1 aromatic heterocycles. The van der Waals surface area contributed by atoms with Crippen LogP contribution in [0.3, 0.4) is 0 Å². The molecule has 1 aliphatic rings. The molecule has 0 aliphatic carbocycles. The number of hydrogen-bond donors (Lipinski definition) is 3. The van der Waals surface area contributed by atoms with Crippen molar-refractivity contribution in [3.05, 3.63) is 12.3 Å². The zero-order valence-electron chi connectivity index (χ0n) is 12.7. The number of nitrogens with one attached hydrogen (secondary N) is 2. The average molecular weight is 317 g/mol. The van der Waals surface area contributed by atoms with Gasteiger partial charge in [0.1, 0.15) is 11.9 Å². The molecule has 1 unspecified atom stereocenters. The Labute approximate surface area is 128 Å². The summed E-state index contributed by atoms with van der Waals surface area (Å²) in [5.41, 5.74) is 6.15. The Morgan fingerprint density at radius 3 is 2.59 bits per heavy atom. The molecule has 0 saturated carbocycles. The Morgan fingerprint density at radius 1 is 1.36 bits per heavy atom. The fraction of sp³-hybridized carbons (Fsp3) is 0.643. The molecule has 0 radical (unpaired) electrons. The first kappa shape index (κ1) is 16.7. The molecule has 0 aromatic carbocycles. The predicted molar refractivity (Wildman–Crippen MR) is 81.9 cm³/mol. The number of aromatic nitrogens is 1. The summed E-state index contributed by atoms with van der Waals surface area (Å²) in [4.78, 5) is 6.39. The highest BCUT2D eigenvalue weighted by molar-refractivity contribution is 5.69. The van der Waals surface area contributed by atoms with Crippen molar-refractivity contribution in [2.24, 2.45) is 0 Å². The molecule has 1 saturated heterocycles. The van der Waals surface area contributed by atoms with Crippen molar-refractivity contribution >= 4 is 17.2 Å². The van der Waals surface area contributed by atoms with E-state index in [1.54, 1.807) is 0 Å². The number of likely N-dealkylation sites (tertiary alicyclic amines) is 1. The van der Waals surface area contributed by atoms with Crippen LogP contribution in [0.4, 0.5) is 30.4 Å². The smallest absolute Gasteiger partial charge is 0.396 e. The lowest BCUT2D eigenvalue weighted by Gasteiger charge is -2.30. The Bertz CT molecular complexity index is 498. The van der Waals surface area contributed by atoms with E-state index >= 15 is 0 Å². The highest BCUT2D eigenvalue weighted by Crippen LogP contribution is 2.28. The molecule has 1 aromatic rings. The summed E-state index contributed by atoms with van der Waals surface area (Å²) in [7, 11) is 2.07. The maximum atomic E-state index is 12.6. The molecule has 22 heavy (non-hydrogen) atoms. The largest absolute Gasteiger partial charge is 0.408 e. The lowest BCUT2D eigenvalue weighted by molar-refractivity contribution is -0.138. The maximum absolute atomic E-state index is 12.6. The van der Waals surface area contributed by atoms with E-state index in [9.17, 15) is 13.2 Å². The summed E-state index contributed by atoms with van der Waals surface area (Å²) in [6.07, 6.45) is -0.992. The quantitative estimate of drug-likeness (QED) is 0.796. The molecule has 1 fully saturated rings. The van der Waals surface area contributed by atoms with Crippen LogP contribution in [0, 0.1) is 0 Å². The number of nitrogen functional groups attached to an aromatic ring is 1. The van der Waals surface area contributed by atoms with E-state index < -0.39 is 12.2 Å². The van der Waals surface area contributed by atoms with Gasteiger partial charge in [0.05, 0.1) is 17.6 Å². The van der Waals surface area contributed by atoms with Crippen LogP contribution in [0.1, 0.15) is 19.8 Å². The first-order valence-electron chi connectivity index (χ1n) is 7.29. The van der Waals surface area contributed by atoms with Crippen LogP contribution in [0.2, 0.25) is 0 Å². The van der Waals surface area contributed by atoms with Gasteiger partial charge in [-0.2, -0.15) is 13.2 Å². The molecule has 0 amide bonds. The second-order valence-electron chi connectivity index (χ2n) is 5.79. The number of nitrogens with zero attached hydrogens (tertiary/aromatic N) is 2. The molecule has 4 N–H and O–H groups in total. The van der Waals surface area contributed by atoms with Gasteiger partial charge in [-0.3, -0.25) is 0 Å². The number of piperidine rings is 1. The van der Waals surface area contributed by atoms with Crippen LogP contribution in [0.15, 0.2) is 12.3 Å². The van der Waals surface area contributed by atoms with Gasteiger partial charge in [-0.25, -0.2) is 4.98 Å². The van der Waals surface area contributed by atoms with Gasteiger partial charge in [0.15, 0.2) is 0 Å². The molecule has 124 valence electrons. The number of hydrogen-bond acceptors (Lipinski definition) is 5. The second kappa shape index (κ2) is 6.60. The lowest BCUT2D eigenvalue weighted by Crippen LogP contribution is -2.37. The number of rotatable bonds is 4. The Morgan fingerprint density at radius 2 is 2.00 bits per heavy atom. The van der Waals surface area contributed by atoms with Crippen LogP contribution in [0.5, 0.6) is 0 Å². The van der Waals surface area contributed by atoms with Gasteiger partial charge in [0.2, 0.25) is 0 Å². The zero-order chi connectivity index (χ0) is 16.3. The zero-order valence-corrected chi connectivity index (χ0v) is 12.7. The van der Waals surface area contributed by atoms with Crippen molar-refractivity contribution in [1.82, 2.24) is 9.88 Å². The molecular formula is C14H22F3N5. The van der Waals surface area contributed by atoms with Gasteiger partial charge in [0, 0.05) is 12.1 Å². The molecule has 8 heteroatoms. The monoisotopic (exact) mass is 317 g/mol. The molecule has 1 aliphatic heterocycles. The number of anilines is 3. The fourth-order valence-corrected chi connectivity index (χ4v) is 2.35. The van der Waals surface area contributed by atoms with Gasteiger partial charge in [0.25, 0.3) is 0 Å². The van der Waals surface area contributed by atoms with Gasteiger partial charge in [-0.15, -0.1) is 0 Å². The topological polar surface area (TPSA) is 66.2 Å². The first-order valence-corrected chi connectivity index (χ1v) is 7.29. The summed E-state index contributed by atoms with van der Waals surface area (Å²) >= 11 is 0. The minimum Gasteiger partial charge on any atom is -0.396 e. The Kier molecular flexibility index (Phi) is 5.00. The highest BCUT2D eigenvalue weighted by Gasteiger charge is 2.36. The molecule has 2 heterocycles. The molecular weight excluding hydrogens is 295 g/mol. The Balaban J connectivity index is 2.03. The third-order valence-electron chi connectivity index (χ3n) is 3.87. The normalized spacial score (nSPS) is 19.0. The molecule has 1 atom stereocenters. The summed E-state index contributed by atoms with van der Waals surface area (Å²) < 4.78 is 37.9. The van der Waals surface area contributed by atoms with E-state index in [4.69, 9.17) is 5.73 Å². The van der Waals surface area contributed by atoms with E-state index in [0.29, 0.717) is 5.82 Å². The third kappa shape index (κ3) is 4.40. The summed E-state index contributed by atoms with van der Waals surface area (Å²) in [6.45, 7) is 3.04. The van der Waals surface area contributed by atoms with Crippen LogP contribution in [-0.4, -0.2) is 48.3 Å². The van der Waals surface area contributed by atoms with Crippen molar-refractivity contribution in [3.63, 3.8) is 0 Å². The molecule has 0 spiro atoms. The van der Waals surface area contributed by atoms with E-state index in [-0.39, 0.29) is 17.4 Å². The molecule has 2 rings (SSSR count). The maximum Gasteiger partial charge on any atom is 0.408 e. The van der Waals surface area contributed by atoms with Gasteiger partial charge in [-0.1, -0.05) is 0 Å². The average Bonchev–Trinajstić information content (AvgIpc) is 2.44. The van der Waals surface area contributed by atoms with Crippen LogP contribution >= 0.6 is 0 Å². The SMILES string of the molecule is CC(Nc1cc(NC2CCN(C)CC2)ncc1N)C(F)(F)F. The van der Waals surface area contributed by atoms with Gasteiger partial charge < -0.3 is 21.3 Å². The van der Waals surface area contributed by atoms with Crippen molar-refractivity contribution in [1.29, 1.82) is 0 Å². The van der Waals surface area contributed by atoms with Crippen molar-refractivity contribution in [3.8, 4) is 0 Å². The predicted octanol–water partition coefficient (Wildman–Crippen LogP) is 2.53. The first-order chi connectivity index (χ1) is 10.3. The van der Waals surface area contributed by atoms with Crippen LogP contribution in [0.25, 0.3) is 0 Å². The highest BCUT2D eigenvalue weighted by atomic mass is 19.4. The number of nitrogens with two attached hydrogens (primary N) is 1. The van der Waals surface area contributed by atoms with E-state index in [1.165, 1.54) is 12.3 Å². The number of pyridine rings is 1. The minimum atomic E-state index is -4.32. The summed E-state index contributed by atoms with van der Waals surface area (Å²) in [5, 5.41) is 5.66. The van der Waals surface area contributed by atoms with E-state index in [0.717, 1.165) is 32.9 Å². The van der Waals surface area contributed by atoms with Crippen molar-refractivity contribution in [2.45, 2.75) is 38.0 Å². The second-order valence-corrected chi connectivity index (χ2v) is 5.79. The summed E-state index contributed by atoms with van der Waals surface area (Å²) in [6, 6.07) is 0.143. The molecule has 0 bridgehead atoms. The lowest BCUT2D eigenvalue weighted by atomic mass is 10.1. The fourth-order valence-electron chi connectivity index (χ4n) is 2.35. The summed E-state index contributed by atoms with van der Waals surface area (Å²) in [5.74, 6) is 0.542. The van der Waals surface area contributed by atoms with Gasteiger partial charge in [-0.05, 0) is 39.9 Å². The standard InChI is InChI=1S/C14H22F3N5/c1-9(14(15,16)17)20-12-7-13(19-8-11(12)18)21-10-3-5-22(2)6-4-10/h7-10H,3-6,18H2,1-2H3,(H2,19,20,21). The van der Waals surface area contributed by atoms with Crippen molar-refractivity contribution < 1.29 is 13.2 Å². The van der Waals surface area contributed by atoms with E-state index in [1.807, 2.05) is 0 Å².